The normalized spacial score (nSPS) is 11.2. The van der Waals surface area contributed by atoms with Crippen LogP contribution in [0.15, 0.2) is 12.1 Å². The number of amides is 1. The highest BCUT2D eigenvalue weighted by atomic mass is 35.5. The van der Waals surface area contributed by atoms with Crippen molar-refractivity contribution in [1.29, 1.82) is 0 Å². The Balaban J connectivity index is 2.56. The monoisotopic (exact) mass is 243 g/mol. The van der Waals surface area contributed by atoms with Gasteiger partial charge in [-0.1, -0.05) is 25.4 Å². The van der Waals surface area contributed by atoms with Crippen molar-refractivity contribution in [3.63, 3.8) is 0 Å². The van der Waals surface area contributed by atoms with Crippen molar-refractivity contribution in [2.24, 2.45) is 5.41 Å². The van der Waals surface area contributed by atoms with Crippen LogP contribution in [0.1, 0.15) is 24.3 Å². The van der Waals surface area contributed by atoms with Crippen LogP contribution >= 0.6 is 11.6 Å². The quantitative estimate of drug-likeness (QED) is 0.823. The molecule has 1 aromatic heterocycles. The fourth-order valence-electron chi connectivity index (χ4n) is 0.903. The largest absolute Gasteiger partial charge is 0.396 e. The number of aromatic nitrogens is 2. The molecule has 88 valence electrons. The van der Waals surface area contributed by atoms with E-state index in [0.29, 0.717) is 6.54 Å². The fraction of sp³-hybridized carbons (Fsp3) is 0.500. The Morgan fingerprint density at radius 3 is 2.69 bits per heavy atom. The van der Waals surface area contributed by atoms with E-state index >= 15 is 0 Å². The molecule has 1 heterocycles. The van der Waals surface area contributed by atoms with E-state index in [1.807, 2.05) is 13.8 Å². The molecule has 2 N–H and O–H groups in total. The molecular weight excluding hydrogens is 230 g/mol. The van der Waals surface area contributed by atoms with Gasteiger partial charge in [-0.25, -0.2) is 0 Å². The van der Waals surface area contributed by atoms with Gasteiger partial charge in [-0.2, -0.15) is 0 Å². The molecule has 16 heavy (non-hydrogen) atoms. The van der Waals surface area contributed by atoms with Gasteiger partial charge in [0.15, 0.2) is 10.8 Å². The Morgan fingerprint density at radius 1 is 1.50 bits per heavy atom. The SMILES string of the molecule is CC(C)(CO)CNC(=O)c1ccc(Cl)nn1. The van der Waals surface area contributed by atoms with Crippen LogP contribution in [0, 0.1) is 5.41 Å². The van der Waals surface area contributed by atoms with Crippen LogP contribution < -0.4 is 5.32 Å². The molecule has 1 aromatic rings. The zero-order valence-corrected chi connectivity index (χ0v) is 9.95. The van der Waals surface area contributed by atoms with E-state index in [1.54, 1.807) is 0 Å². The molecule has 0 bridgehead atoms. The number of halogens is 1. The van der Waals surface area contributed by atoms with Gasteiger partial charge in [0.2, 0.25) is 0 Å². The summed E-state index contributed by atoms with van der Waals surface area (Å²) in [6.07, 6.45) is 0. The third-order valence-electron chi connectivity index (χ3n) is 2.02. The van der Waals surface area contributed by atoms with E-state index in [2.05, 4.69) is 15.5 Å². The number of carbonyl (C=O) groups is 1. The second-order valence-corrected chi connectivity index (χ2v) is 4.63. The van der Waals surface area contributed by atoms with Gasteiger partial charge in [-0.3, -0.25) is 4.79 Å². The average molecular weight is 244 g/mol. The van der Waals surface area contributed by atoms with Crippen LogP contribution in [0.3, 0.4) is 0 Å². The molecule has 0 saturated carbocycles. The highest BCUT2D eigenvalue weighted by Gasteiger charge is 2.18. The Hall–Kier alpha value is -1.20. The molecule has 0 radical (unpaired) electrons. The molecule has 0 aromatic carbocycles. The van der Waals surface area contributed by atoms with Crippen molar-refractivity contribution in [3.8, 4) is 0 Å². The van der Waals surface area contributed by atoms with Crippen LogP contribution in [0.5, 0.6) is 0 Å². The summed E-state index contributed by atoms with van der Waals surface area (Å²) < 4.78 is 0. The van der Waals surface area contributed by atoms with Gasteiger partial charge < -0.3 is 10.4 Å². The lowest BCUT2D eigenvalue weighted by Gasteiger charge is -2.21. The third-order valence-corrected chi connectivity index (χ3v) is 2.22. The minimum Gasteiger partial charge on any atom is -0.396 e. The lowest BCUT2D eigenvalue weighted by Crippen LogP contribution is -2.36. The van der Waals surface area contributed by atoms with Gasteiger partial charge >= 0.3 is 0 Å². The number of rotatable bonds is 4. The maximum Gasteiger partial charge on any atom is 0.271 e. The summed E-state index contributed by atoms with van der Waals surface area (Å²) >= 11 is 5.55. The minimum atomic E-state index is -0.352. The maximum atomic E-state index is 11.6. The molecule has 0 spiro atoms. The minimum absolute atomic E-state index is 0.000420. The summed E-state index contributed by atoms with van der Waals surface area (Å²) in [6.45, 7) is 4.06. The first-order chi connectivity index (χ1) is 7.44. The Kier molecular flexibility index (Phi) is 4.20. The molecular formula is C10H14ClN3O2. The molecule has 0 saturated heterocycles. The van der Waals surface area contributed by atoms with E-state index in [0.717, 1.165) is 0 Å². The summed E-state index contributed by atoms with van der Waals surface area (Å²) in [4.78, 5) is 11.6. The summed E-state index contributed by atoms with van der Waals surface area (Å²) in [5.74, 6) is -0.328. The van der Waals surface area contributed by atoms with E-state index in [4.69, 9.17) is 16.7 Å². The second-order valence-electron chi connectivity index (χ2n) is 4.25. The summed E-state index contributed by atoms with van der Waals surface area (Å²) in [5.41, 5.74) is -0.145. The van der Waals surface area contributed by atoms with Gasteiger partial charge in [0.25, 0.3) is 5.91 Å². The van der Waals surface area contributed by atoms with Gasteiger partial charge in [0, 0.05) is 18.6 Å². The summed E-state index contributed by atoms with van der Waals surface area (Å²) in [6, 6.07) is 3.00. The number of aliphatic hydroxyl groups excluding tert-OH is 1. The topological polar surface area (TPSA) is 75.1 Å². The number of hydrogen-bond donors (Lipinski definition) is 2. The number of nitrogens with zero attached hydrogens (tertiary/aromatic N) is 2. The van der Waals surface area contributed by atoms with Crippen molar-refractivity contribution >= 4 is 17.5 Å². The zero-order chi connectivity index (χ0) is 12.2. The van der Waals surface area contributed by atoms with E-state index < -0.39 is 0 Å². The molecule has 0 aliphatic carbocycles. The van der Waals surface area contributed by atoms with Crippen molar-refractivity contribution in [2.45, 2.75) is 13.8 Å². The summed E-state index contributed by atoms with van der Waals surface area (Å²) in [5, 5.41) is 19.1. The molecule has 0 fully saturated rings. The molecule has 1 amide bonds. The van der Waals surface area contributed by atoms with Gasteiger partial charge in [0.1, 0.15) is 0 Å². The number of aliphatic hydroxyl groups is 1. The Morgan fingerprint density at radius 2 is 2.19 bits per heavy atom. The molecule has 5 nitrogen and oxygen atoms in total. The van der Waals surface area contributed by atoms with Crippen molar-refractivity contribution in [1.82, 2.24) is 15.5 Å². The number of carbonyl (C=O) groups excluding carboxylic acids is 1. The van der Waals surface area contributed by atoms with Crippen LogP contribution in [-0.4, -0.2) is 34.4 Å². The number of hydrogen-bond acceptors (Lipinski definition) is 4. The van der Waals surface area contributed by atoms with E-state index in [1.165, 1.54) is 12.1 Å². The Bertz CT molecular complexity index is 365. The van der Waals surface area contributed by atoms with Crippen LogP contribution in [0.2, 0.25) is 5.15 Å². The van der Waals surface area contributed by atoms with Crippen LogP contribution in [0.25, 0.3) is 0 Å². The Labute approximate surface area is 98.8 Å². The van der Waals surface area contributed by atoms with E-state index in [9.17, 15) is 4.79 Å². The third kappa shape index (κ3) is 3.75. The molecule has 0 atom stereocenters. The van der Waals surface area contributed by atoms with Gasteiger partial charge in [-0.15, -0.1) is 10.2 Å². The first kappa shape index (κ1) is 12.9. The maximum absolute atomic E-state index is 11.6. The fourth-order valence-corrected chi connectivity index (χ4v) is 1.00. The summed E-state index contributed by atoms with van der Waals surface area (Å²) in [7, 11) is 0. The highest BCUT2D eigenvalue weighted by Crippen LogP contribution is 2.11. The first-order valence-electron chi connectivity index (χ1n) is 4.83. The molecule has 6 heteroatoms. The predicted octanol–water partition coefficient (Wildman–Crippen LogP) is 0.878. The lowest BCUT2D eigenvalue weighted by molar-refractivity contribution is 0.0905. The van der Waals surface area contributed by atoms with E-state index in [-0.39, 0.29) is 28.8 Å². The lowest BCUT2D eigenvalue weighted by atomic mass is 9.95. The smallest absolute Gasteiger partial charge is 0.271 e. The van der Waals surface area contributed by atoms with Gasteiger partial charge in [0.05, 0.1) is 0 Å². The first-order valence-corrected chi connectivity index (χ1v) is 5.21. The second kappa shape index (κ2) is 5.23. The molecule has 0 aliphatic heterocycles. The van der Waals surface area contributed by atoms with Crippen molar-refractivity contribution < 1.29 is 9.90 Å². The zero-order valence-electron chi connectivity index (χ0n) is 9.20. The van der Waals surface area contributed by atoms with Crippen molar-refractivity contribution in [2.75, 3.05) is 13.2 Å². The predicted molar refractivity (Wildman–Crippen MR) is 60.2 cm³/mol. The number of nitrogens with one attached hydrogen (secondary N) is 1. The standard InChI is InChI=1S/C10H14ClN3O2/c1-10(2,6-15)5-12-9(16)7-3-4-8(11)14-13-7/h3-4,15H,5-6H2,1-2H3,(H,12,16). The van der Waals surface area contributed by atoms with Gasteiger partial charge in [-0.05, 0) is 12.1 Å². The van der Waals surface area contributed by atoms with Crippen LogP contribution in [-0.2, 0) is 0 Å². The molecule has 1 rings (SSSR count). The van der Waals surface area contributed by atoms with Crippen molar-refractivity contribution in [3.05, 3.63) is 23.0 Å². The van der Waals surface area contributed by atoms with Crippen LogP contribution in [0.4, 0.5) is 0 Å². The molecule has 0 unspecified atom stereocenters. The average Bonchev–Trinajstić information content (AvgIpc) is 2.27. The molecule has 0 aliphatic rings. The highest BCUT2D eigenvalue weighted by molar-refractivity contribution is 6.29.